The molecule has 0 amide bonds. The number of rotatable bonds is 4. The molecule has 118 valence electrons. The van der Waals surface area contributed by atoms with Crippen LogP contribution in [-0.2, 0) is 11.2 Å². The van der Waals surface area contributed by atoms with E-state index in [0.29, 0.717) is 0 Å². The van der Waals surface area contributed by atoms with Gasteiger partial charge in [-0.05, 0) is 12.0 Å². The molecule has 22 heavy (non-hydrogen) atoms. The second-order valence-corrected chi connectivity index (χ2v) is 6.27. The standard InChI is InChI=1S/C16H23N5O/c1-2-13-7-17-15-14(13)16(19-11-18-15)21-9-12(10-21)8-20-3-5-22-6-4-20/h7,11-12H,2-6,8-10H2,1H3,(H,17,18,19). The Kier molecular flexibility index (Phi) is 3.72. The Labute approximate surface area is 130 Å². The van der Waals surface area contributed by atoms with Crippen molar-refractivity contribution in [1.82, 2.24) is 19.9 Å². The van der Waals surface area contributed by atoms with Gasteiger partial charge in [-0.15, -0.1) is 0 Å². The molecule has 1 N–H and O–H groups in total. The average Bonchev–Trinajstić information content (AvgIpc) is 2.95. The van der Waals surface area contributed by atoms with Crippen molar-refractivity contribution in [2.45, 2.75) is 13.3 Å². The highest BCUT2D eigenvalue weighted by molar-refractivity contribution is 5.91. The molecule has 4 rings (SSSR count). The highest BCUT2D eigenvalue weighted by Gasteiger charge is 2.31. The highest BCUT2D eigenvalue weighted by Crippen LogP contribution is 2.31. The second kappa shape index (κ2) is 5.85. The van der Waals surface area contributed by atoms with E-state index in [9.17, 15) is 0 Å². The smallest absolute Gasteiger partial charge is 0.143 e. The fourth-order valence-corrected chi connectivity index (χ4v) is 3.53. The van der Waals surface area contributed by atoms with Gasteiger partial charge in [0.2, 0.25) is 0 Å². The summed E-state index contributed by atoms with van der Waals surface area (Å²) in [7, 11) is 0. The number of aromatic amines is 1. The molecule has 0 radical (unpaired) electrons. The van der Waals surface area contributed by atoms with E-state index >= 15 is 0 Å². The van der Waals surface area contributed by atoms with Crippen molar-refractivity contribution in [3.8, 4) is 0 Å². The predicted molar refractivity (Wildman–Crippen MR) is 86.2 cm³/mol. The molecule has 2 aromatic heterocycles. The number of hydrogen-bond donors (Lipinski definition) is 1. The van der Waals surface area contributed by atoms with E-state index in [0.717, 1.165) is 63.2 Å². The number of morpholine rings is 1. The van der Waals surface area contributed by atoms with Crippen LogP contribution >= 0.6 is 0 Å². The molecule has 2 aromatic rings. The summed E-state index contributed by atoms with van der Waals surface area (Å²) in [6.45, 7) is 9.46. The number of nitrogens with one attached hydrogen (secondary N) is 1. The maximum absolute atomic E-state index is 5.42. The second-order valence-electron chi connectivity index (χ2n) is 6.27. The fraction of sp³-hybridized carbons (Fsp3) is 0.625. The predicted octanol–water partition coefficient (Wildman–Crippen LogP) is 1.29. The van der Waals surface area contributed by atoms with Crippen molar-refractivity contribution < 1.29 is 4.74 Å². The topological polar surface area (TPSA) is 57.3 Å². The summed E-state index contributed by atoms with van der Waals surface area (Å²) in [6, 6.07) is 0. The number of H-pyrrole nitrogens is 1. The van der Waals surface area contributed by atoms with Crippen LogP contribution in [0.15, 0.2) is 12.5 Å². The number of aromatic nitrogens is 3. The zero-order valence-corrected chi connectivity index (χ0v) is 13.1. The quantitative estimate of drug-likeness (QED) is 0.922. The zero-order valence-electron chi connectivity index (χ0n) is 13.1. The zero-order chi connectivity index (χ0) is 14.9. The lowest BCUT2D eigenvalue weighted by atomic mass is 9.98. The summed E-state index contributed by atoms with van der Waals surface area (Å²) >= 11 is 0. The van der Waals surface area contributed by atoms with E-state index in [1.165, 1.54) is 17.5 Å². The van der Waals surface area contributed by atoms with Crippen LogP contribution in [0.5, 0.6) is 0 Å². The average molecular weight is 301 g/mol. The molecular formula is C16H23N5O. The Morgan fingerprint density at radius 3 is 2.86 bits per heavy atom. The van der Waals surface area contributed by atoms with E-state index in [1.54, 1.807) is 6.33 Å². The summed E-state index contributed by atoms with van der Waals surface area (Å²) in [5.74, 6) is 1.84. The van der Waals surface area contributed by atoms with Gasteiger partial charge in [-0.1, -0.05) is 6.92 Å². The number of anilines is 1. The van der Waals surface area contributed by atoms with E-state index in [-0.39, 0.29) is 0 Å². The molecule has 2 saturated heterocycles. The van der Waals surface area contributed by atoms with E-state index in [4.69, 9.17) is 4.74 Å². The molecule has 0 aliphatic carbocycles. The Balaban J connectivity index is 1.45. The van der Waals surface area contributed by atoms with Crippen LogP contribution in [-0.4, -0.2) is 65.8 Å². The molecular weight excluding hydrogens is 278 g/mol. The lowest BCUT2D eigenvalue weighted by molar-refractivity contribution is 0.0285. The summed E-state index contributed by atoms with van der Waals surface area (Å²) in [6.07, 6.45) is 4.74. The van der Waals surface area contributed by atoms with E-state index < -0.39 is 0 Å². The molecule has 0 spiro atoms. The fourth-order valence-electron chi connectivity index (χ4n) is 3.53. The minimum atomic E-state index is 0.743. The normalized spacial score (nSPS) is 20.5. The maximum atomic E-state index is 5.42. The van der Waals surface area contributed by atoms with Gasteiger partial charge in [-0.2, -0.15) is 0 Å². The van der Waals surface area contributed by atoms with Gasteiger partial charge in [0.25, 0.3) is 0 Å². The van der Waals surface area contributed by atoms with Gasteiger partial charge in [-0.3, -0.25) is 4.90 Å². The first-order valence-corrected chi connectivity index (χ1v) is 8.21. The van der Waals surface area contributed by atoms with Crippen molar-refractivity contribution in [2.24, 2.45) is 5.92 Å². The van der Waals surface area contributed by atoms with Gasteiger partial charge in [0.15, 0.2) is 0 Å². The highest BCUT2D eigenvalue weighted by atomic mass is 16.5. The van der Waals surface area contributed by atoms with Crippen molar-refractivity contribution in [2.75, 3.05) is 50.8 Å². The molecule has 4 heterocycles. The lowest BCUT2D eigenvalue weighted by Gasteiger charge is -2.43. The Bertz CT molecular complexity index is 643. The van der Waals surface area contributed by atoms with Crippen LogP contribution in [0.2, 0.25) is 0 Å². The summed E-state index contributed by atoms with van der Waals surface area (Å²) in [4.78, 5) is 17.1. The number of fused-ring (bicyclic) bond motifs is 1. The summed E-state index contributed by atoms with van der Waals surface area (Å²) in [5, 5.41) is 1.20. The summed E-state index contributed by atoms with van der Waals surface area (Å²) < 4.78 is 5.42. The van der Waals surface area contributed by atoms with Crippen LogP contribution in [0.4, 0.5) is 5.82 Å². The molecule has 0 saturated carbocycles. The Morgan fingerprint density at radius 2 is 2.09 bits per heavy atom. The third-order valence-electron chi connectivity index (χ3n) is 4.79. The van der Waals surface area contributed by atoms with Crippen molar-refractivity contribution in [3.63, 3.8) is 0 Å². The van der Waals surface area contributed by atoms with Crippen LogP contribution < -0.4 is 4.90 Å². The maximum Gasteiger partial charge on any atom is 0.143 e. The minimum absolute atomic E-state index is 0.743. The third-order valence-corrected chi connectivity index (χ3v) is 4.79. The van der Waals surface area contributed by atoms with Gasteiger partial charge < -0.3 is 14.6 Å². The van der Waals surface area contributed by atoms with Gasteiger partial charge in [-0.25, -0.2) is 9.97 Å². The van der Waals surface area contributed by atoms with Crippen molar-refractivity contribution in [3.05, 3.63) is 18.1 Å². The number of ether oxygens (including phenoxy) is 1. The molecule has 2 aliphatic rings. The molecule has 6 nitrogen and oxygen atoms in total. The number of nitrogens with zero attached hydrogens (tertiary/aromatic N) is 4. The molecule has 6 heteroatoms. The van der Waals surface area contributed by atoms with Crippen molar-refractivity contribution in [1.29, 1.82) is 0 Å². The third kappa shape index (κ3) is 2.46. The monoisotopic (exact) mass is 301 g/mol. The minimum Gasteiger partial charge on any atom is -0.379 e. The van der Waals surface area contributed by atoms with Crippen LogP contribution in [0, 0.1) is 5.92 Å². The largest absolute Gasteiger partial charge is 0.379 e. The summed E-state index contributed by atoms with van der Waals surface area (Å²) in [5.41, 5.74) is 2.26. The Morgan fingerprint density at radius 1 is 1.27 bits per heavy atom. The Hall–Kier alpha value is -1.66. The molecule has 0 aromatic carbocycles. The van der Waals surface area contributed by atoms with E-state index in [2.05, 4.69) is 37.9 Å². The first-order chi connectivity index (χ1) is 10.8. The van der Waals surface area contributed by atoms with Gasteiger partial charge >= 0.3 is 0 Å². The first kappa shape index (κ1) is 14.0. The number of hydrogen-bond acceptors (Lipinski definition) is 5. The number of aryl methyl sites for hydroxylation is 1. The van der Waals surface area contributed by atoms with E-state index in [1.807, 2.05) is 0 Å². The van der Waals surface area contributed by atoms with Gasteiger partial charge in [0.1, 0.15) is 17.8 Å². The molecule has 2 aliphatic heterocycles. The van der Waals surface area contributed by atoms with Gasteiger partial charge in [0.05, 0.1) is 18.6 Å². The van der Waals surface area contributed by atoms with Crippen LogP contribution in [0.1, 0.15) is 12.5 Å². The van der Waals surface area contributed by atoms with Gasteiger partial charge in [0, 0.05) is 44.8 Å². The first-order valence-electron chi connectivity index (χ1n) is 8.21. The molecule has 2 fully saturated rings. The molecule has 0 atom stereocenters. The SMILES string of the molecule is CCc1c[nH]c2ncnc(N3CC(CN4CCOCC4)C3)c12. The lowest BCUT2D eigenvalue weighted by Crippen LogP contribution is -2.53. The molecule has 0 bridgehead atoms. The van der Waals surface area contributed by atoms with Crippen LogP contribution in [0.25, 0.3) is 11.0 Å². The van der Waals surface area contributed by atoms with Crippen molar-refractivity contribution >= 4 is 16.9 Å². The van der Waals surface area contributed by atoms with Crippen LogP contribution in [0.3, 0.4) is 0 Å². The molecule has 0 unspecified atom stereocenters.